The quantitative estimate of drug-likeness (QED) is 0.420. The minimum Gasteiger partial charge on any atom is -0.260 e. The largest absolute Gasteiger partial charge is 0.283 e. The number of para-hydroxylation sites is 2. The van der Waals surface area contributed by atoms with Gasteiger partial charge in [0.15, 0.2) is 0 Å². The zero-order valence-corrected chi connectivity index (χ0v) is 12.7. The summed E-state index contributed by atoms with van der Waals surface area (Å²) in [4.78, 5) is 12.1. The highest BCUT2D eigenvalue weighted by molar-refractivity contribution is 7.99. The van der Waals surface area contributed by atoms with Crippen LogP contribution >= 0.6 is 23.1 Å². The Kier molecular flexibility index (Phi) is 3.05. The molecule has 0 aliphatic carbocycles. The van der Waals surface area contributed by atoms with Crippen molar-refractivity contribution in [1.29, 1.82) is 0 Å². The Morgan fingerprint density at radius 2 is 1.86 bits per heavy atom. The van der Waals surface area contributed by atoms with Crippen LogP contribution in [0.4, 0.5) is 5.69 Å². The summed E-state index contributed by atoms with van der Waals surface area (Å²) in [5, 5.41) is 20.1. The van der Waals surface area contributed by atoms with Gasteiger partial charge in [-0.1, -0.05) is 35.6 Å². The number of rotatable bonds is 3. The second kappa shape index (κ2) is 5.08. The lowest BCUT2D eigenvalue weighted by Gasteiger charge is -2.01. The fourth-order valence-electron chi connectivity index (χ4n) is 2.21. The fraction of sp³-hybridized carbons (Fsp3) is 0. The van der Waals surface area contributed by atoms with Crippen molar-refractivity contribution < 1.29 is 4.92 Å². The highest BCUT2D eigenvalue weighted by Gasteiger charge is 2.18. The van der Waals surface area contributed by atoms with Gasteiger partial charge >= 0.3 is 0 Å². The van der Waals surface area contributed by atoms with Gasteiger partial charge in [0, 0.05) is 6.07 Å². The number of benzene rings is 2. The van der Waals surface area contributed by atoms with Crippen molar-refractivity contribution in [2.75, 3.05) is 0 Å². The molecule has 8 heteroatoms. The van der Waals surface area contributed by atoms with Crippen LogP contribution < -0.4 is 0 Å². The van der Waals surface area contributed by atoms with E-state index in [4.69, 9.17) is 0 Å². The summed E-state index contributed by atoms with van der Waals surface area (Å²) in [6.45, 7) is 0. The average molecular weight is 328 g/mol. The van der Waals surface area contributed by atoms with E-state index in [1.165, 1.54) is 17.8 Å². The van der Waals surface area contributed by atoms with Crippen LogP contribution in [-0.2, 0) is 0 Å². The van der Waals surface area contributed by atoms with Crippen molar-refractivity contribution in [3.05, 3.63) is 58.6 Å². The van der Waals surface area contributed by atoms with Gasteiger partial charge in [-0.2, -0.15) is 0 Å². The molecule has 0 bridgehead atoms. The molecule has 22 heavy (non-hydrogen) atoms. The van der Waals surface area contributed by atoms with Crippen LogP contribution in [0.2, 0.25) is 0 Å². The van der Waals surface area contributed by atoms with E-state index < -0.39 is 0 Å². The van der Waals surface area contributed by atoms with Crippen molar-refractivity contribution in [3.63, 3.8) is 0 Å². The molecule has 2 aromatic carbocycles. The lowest BCUT2D eigenvalue weighted by molar-refractivity contribution is -0.387. The molecule has 0 N–H and O–H groups in total. The standard InChI is InChI=1S/C14H8N4O2S2/c19-18(20)10-6-2-4-8-12(10)22-14-16-15-13-17(14)9-5-1-3-7-11(9)21-13/h1-8H. The molecule has 108 valence electrons. The van der Waals surface area contributed by atoms with Crippen molar-refractivity contribution >= 4 is 44.0 Å². The smallest absolute Gasteiger partial charge is 0.260 e. The molecule has 0 aliphatic heterocycles. The molecule has 0 aliphatic rings. The molecule has 2 heterocycles. The summed E-state index contributed by atoms with van der Waals surface area (Å²) in [5.41, 5.74) is 1.08. The lowest BCUT2D eigenvalue weighted by atomic mass is 10.3. The Morgan fingerprint density at radius 1 is 1.09 bits per heavy atom. The van der Waals surface area contributed by atoms with Crippen LogP contribution in [-0.4, -0.2) is 19.5 Å². The first-order chi connectivity index (χ1) is 10.7. The van der Waals surface area contributed by atoms with Gasteiger partial charge in [-0.05, 0) is 30.0 Å². The van der Waals surface area contributed by atoms with Crippen molar-refractivity contribution in [2.24, 2.45) is 0 Å². The Hall–Kier alpha value is -2.45. The highest BCUT2D eigenvalue weighted by atomic mass is 32.2. The topological polar surface area (TPSA) is 73.3 Å². The third-order valence-electron chi connectivity index (χ3n) is 3.17. The predicted molar refractivity (Wildman–Crippen MR) is 85.6 cm³/mol. The van der Waals surface area contributed by atoms with E-state index in [1.54, 1.807) is 29.5 Å². The minimum absolute atomic E-state index is 0.0729. The minimum atomic E-state index is -0.383. The Morgan fingerprint density at radius 3 is 2.73 bits per heavy atom. The molecule has 0 atom stereocenters. The molecule has 0 spiro atoms. The molecule has 6 nitrogen and oxygen atoms in total. The van der Waals surface area contributed by atoms with E-state index in [-0.39, 0.29) is 10.6 Å². The number of hydrogen-bond donors (Lipinski definition) is 0. The summed E-state index contributed by atoms with van der Waals surface area (Å²) < 4.78 is 3.04. The second-order valence-corrected chi connectivity index (χ2v) is 6.52. The van der Waals surface area contributed by atoms with Gasteiger partial charge in [0.2, 0.25) is 10.1 Å². The van der Waals surface area contributed by atoms with Gasteiger partial charge in [0.1, 0.15) is 0 Å². The van der Waals surface area contributed by atoms with Crippen molar-refractivity contribution in [1.82, 2.24) is 14.6 Å². The summed E-state index contributed by atoms with van der Waals surface area (Å²) in [7, 11) is 0. The third kappa shape index (κ3) is 2.04. The molecule has 0 fully saturated rings. The lowest BCUT2D eigenvalue weighted by Crippen LogP contribution is -1.91. The molecule has 0 saturated heterocycles. The number of fused-ring (bicyclic) bond motifs is 3. The van der Waals surface area contributed by atoms with E-state index >= 15 is 0 Å². The summed E-state index contributed by atoms with van der Waals surface area (Å²) in [5.74, 6) is 0. The fourth-order valence-corrected chi connectivity index (χ4v) is 4.19. The molecule has 0 radical (unpaired) electrons. The predicted octanol–water partition coefficient (Wildman–Crippen LogP) is 4.00. The number of hydrogen-bond acceptors (Lipinski definition) is 6. The maximum absolute atomic E-state index is 11.1. The normalized spacial score (nSPS) is 11.3. The zero-order chi connectivity index (χ0) is 15.1. The third-order valence-corrected chi connectivity index (χ3v) is 5.20. The SMILES string of the molecule is O=[N+]([O-])c1ccccc1Sc1nnc2sc3ccccc3n12. The second-order valence-electron chi connectivity index (χ2n) is 4.50. The molecular weight excluding hydrogens is 320 g/mol. The maximum atomic E-state index is 11.1. The molecule has 2 aromatic heterocycles. The van der Waals surface area contributed by atoms with E-state index in [1.807, 2.05) is 28.7 Å². The van der Waals surface area contributed by atoms with Crippen LogP contribution in [0.25, 0.3) is 15.2 Å². The molecule has 0 amide bonds. The van der Waals surface area contributed by atoms with E-state index in [0.29, 0.717) is 10.1 Å². The number of thiazole rings is 1. The number of nitro groups is 1. The van der Waals surface area contributed by atoms with Gasteiger partial charge < -0.3 is 0 Å². The van der Waals surface area contributed by atoms with E-state index in [0.717, 1.165) is 15.2 Å². The van der Waals surface area contributed by atoms with Crippen molar-refractivity contribution in [3.8, 4) is 0 Å². The molecular formula is C14H8N4O2S2. The first-order valence-electron chi connectivity index (χ1n) is 6.38. The first-order valence-corrected chi connectivity index (χ1v) is 8.01. The number of aromatic nitrogens is 3. The van der Waals surface area contributed by atoms with Gasteiger partial charge in [-0.15, -0.1) is 10.2 Å². The van der Waals surface area contributed by atoms with E-state index in [2.05, 4.69) is 10.2 Å². The van der Waals surface area contributed by atoms with Gasteiger partial charge in [0.25, 0.3) is 5.69 Å². The highest BCUT2D eigenvalue weighted by Crippen LogP contribution is 2.36. The van der Waals surface area contributed by atoms with Crippen LogP contribution in [0.3, 0.4) is 0 Å². The van der Waals surface area contributed by atoms with Gasteiger partial charge in [0.05, 0.1) is 20.0 Å². The van der Waals surface area contributed by atoms with E-state index in [9.17, 15) is 10.1 Å². The molecule has 4 rings (SSSR count). The summed E-state index contributed by atoms with van der Waals surface area (Å²) in [6, 6.07) is 14.6. The molecule has 0 saturated carbocycles. The van der Waals surface area contributed by atoms with Crippen molar-refractivity contribution in [2.45, 2.75) is 10.1 Å². The molecule has 4 aromatic rings. The van der Waals surface area contributed by atoms with Crippen LogP contribution in [0, 0.1) is 10.1 Å². The van der Waals surface area contributed by atoms with Crippen LogP contribution in [0.1, 0.15) is 0 Å². The average Bonchev–Trinajstić information content (AvgIpc) is 3.07. The number of nitrogens with zero attached hydrogens (tertiary/aromatic N) is 4. The Labute approximate surface area is 132 Å². The Bertz CT molecular complexity index is 1010. The number of nitro benzene ring substituents is 1. The zero-order valence-electron chi connectivity index (χ0n) is 11.0. The summed E-state index contributed by atoms with van der Waals surface area (Å²) >= 11 is 2.80. The van der Waals surface area contributed by atoms with Gasteiger partial charge in [-0.3, -0.25) is 14.5 Å². The molecule has 0 unspecified atom stereocenters. The van der Waals surface area contributed by atoms with Gasteiger partial charge in [-0.25, -0.2) is 0 Å². The maximum Gasteiger partial charge on any atom is 0.283 e. The monoisotopic (exact) mass is 328 g/mol. The first kappa shape index (κ1) is 13.2. The van der Waals surface area contributed by atoms with Crippen LogP contribution in [0.15, 0.2) is 58.6 Å². The Balaban J connectivity index is 1.87. The van der Waals surface area contributed by atoms with Crippen LogP contribution in [0.5, 0.6) is 0 Å². The summed E-state index contributed by atoms with van der Waals surface area (Å²) in [6.07, 6.45) is 0.